The van der Waals surface area contributed by atoms with E-state index in [2.05, 4.69) is 20.5 Å². The standard InChI is InChI=1S/C19H21N7O2/c1-13-3-4-17-15(9-13)10-16(14(2)21-17)19(28)25-7-5-24(6-8-25)18(27)11-26-12-20-22-23-26/h3-4,9-10,12H,5-8,11H2,1-2H3. The number of aryl methyl sites for hydroxylation is 2. The van der Waals surface area contributed by atoms with Crippen LogP contribution in [0.15, 0.2) is 30.6 Å². The van der Waals surface area contributed by atoms with Gasteiger partial charge in [0.15, 0.2) is 0 Å². The van der Waals surface area contributed by atoms with Gasteiger partial charge in [-0.1, -0.05) is 11.6 Å². The van der Waals surface area contributed by atoms with Gasteiger partial charge in [-0.05, 0) is 42.5 Å². The van der Waals surface area contributed by atoms with Crippen molar-refractivity contribution in [1.82, 2.24) is 35.0 Å². The Morgan fingerprint density at radius 2 is 1.79 bits per heavy atom. The molecule has 0 unspecified atom stereocenters. The van der Waals surface area contributed by atoms with Gasteiger partial charge in [0.05, 0.1) is 16.8 Å². The van der Waals surface area contributed by atoms with Gasteiger partial charge >= 0.3 is 0 Å². The van der Waals surface area contributed by atoms with Crippen LogP contribution < -0.4 is 0 Å². The van der Waals surface area contributed by atoms with Crippen molar-refractivity contribution in [3.05, 3.63) is 47.4 Å². The molecule has 3 heterocycles. The van der Waals surface area contributed by atoms with Crippen molar-refractivity contribution in [2.45, 2.75) is 20.4 Å². The number of fused-ring (bicyclic) bond motifs is 1. The molecular weight excluding hydrogens is 358 g/mol. The molecule has 0 N–H and O–H groups in total. The molecule has 0 saturated carbocycles. The van der Waals surface area contributed by atoms with Gasteiger partial charge in [0, 0.05) is 31.6 Å². The molecule has 1 aliphatic heterocycles. The van der Waals surface area contributed by atoms with Crippen LogP contribution in [0.1, 0.15) is 21.6 Å². The van der Waals surface area contributed by atoms with E-state index in [0.29, 0.717) is 31.7 Å². The number of pyridine rings is 1. The van der Waals surface area contributed by atoms with E-state index in [1.165, 1.54) is 11.0 Å². The number of amides is 2. The summed E-state index contributed by atoms with van der Waals surface area (Å²) in [7, 11) is 0. The second-order valence-electron chi connectivity index (χ2n) is 7.00. The Balaban J connectivity index is 1.44. The van der Waals surface area contributed by atoms with Crippen molar-refractivity contribution in [3.8, 4) is 0 Å². The number of benzene rings is 1. The Morgan fingerprint density at radius 3 is 2.50 bits per heavy atom. The zero-order valence-electron chi connectivity index (χ0n) is 15.9. The molecule has 0 aliphatic carbocycles. The fourth-order valence-corrected chi connectivity index (χ4v) is 3.43. The number of nitrogens with zero attached hydrogens (tertiary/aromatic N) is 7. The van der Waals surface area contributed by atoms with Gasteiger partial charge in [0.1, 0.15) is 12.9 Å². The zero-order valence-corrected chi connectivity index (χ0v) is 15.9. The molecule has 0 radical (unpaired) electrons. The number of aromatic nitrogens is 5. The lowest BCUT2D eigenvalue weighted by Crippen LogP contribution is -2.51. The first-order valence-corrected chi connectivity index (χ1v) is 9.17. The molecule has 144 valence electrons. The first-order valence-electron chi connectivity index (χ1n) is 9.17. The molecule has 1 fully saturated rings. The minimum absolute atomic E-state index is 0.0408. The largest absolute Gasteiger partial charge is 0.338 e. The predicted molar refractivity (Wildman–Crippen MR) is 102 cm³/mol. The number of hydrogen-bond acceptors (Lipinski definition) is 6. The Hall–Kier alpha value is -3.36. The lowest BCUT2D eigenvalue weighted by molar-refractivity contribution is -0.133. The van der Waals surface area contributed by atoms with Crippen molar-refractivity contribution < 1.29 is 9.59 Å². The van der Waals surface area contributed by atoms with E-state index in [1.54, 1.807) is 9.80 Å². The molecular formula is C19H21N7O2. The van der Waals surface area contributed by atoms with Gasteiger partial charge < -0.3 is 9.80 Å². The average molecular weight is 379 g/mol. The van der Waals surface area contributed by atoms with Gasteiger partial charge in [-0.3, -0.25) is 14.6 Å². The topological polar surface area (TPSA) is 97.1 Å². The SMILES string of the molecule is Cc1ccc2nc(C)c(C(=O)N3CCN(C(=O)Cn4cnnn4)CC3)cc2c1. The third-order valence-electron chi connectivity index (χ3n) is 5.00. The lowest BCUT2D eigenvalue weighted by Gasteiger charge is -2.35. The maximum Gasteiger partial charge on any atom is 0.255 e. The van der Waals surface area contributed by atoms with Crippen molar-refractivity contribution in [2.24, 2.45) is 0 Å². The van der Waals surface area contributed by atoms with E-state index in [0.717, 1.165) is 22.2 Å². The zero-order chi connectivity index (χ0) is 19.7. The van der Waals surface area contributed by atoms with Crippen LogP contribution in [0.3, 0.4) is 0 Å². The van der Waals surface area contributed by atoms with Crippen molar-refractivity contribution in [3.63, 3.8) is 0 Å². The summed E-state index contributed by atoms with van der Waals surface area (Å²) in [6.07, 6.45) is 1.41. The highest BCUT2D eigenvalue weighted by molar-refractivity contribution is 5.98. The number of rotatable bonds is 3. The summed E-state index contributed by atoms with van der Waals surface area (Å²) < 4.78 is 1.39. The molecule has 0 bridgehead atoms. The van der Waals surface area contributed by atoms with Gasteiger partial charge in [0.25, 0.3) is 5.91 Å². The Morgan fingerprint density at radius 1 is 1.04 bits per heavy atom. The number of tetrazole rings is 1. The van der Waals surface area contributed by atoms with Crippen LogP contribution in [-0.4, -0.2) is 73.0 Å². The number of carbonyl (C=O) groups excluding carboxylic acids is 2. The molecule has 2 amide bonds. The Labute approximate surface area is 161 Å². The van der Waals surface area contributed by atoms with Crippen LogP contribution >= 0.6 is 0 Å². The molecule has 3 aromatic rings. The molecule has 1 saturated heterocycles. The average Bonchev–Trinajstić information content (AvgIpc) is 3.20. The highest BCUT2D eigenvalue weighted by Crippen LogP contribution is 2.20. The highest BCUT2D eigenvalue weighted by atomic mass is 16.2. The van der Waals surface area contributed by atoms with E-state index in [1.807, 2.05) is 38.1 Å². The van der Waals surface area contributed by atoms with Crippen LogP contribution in [0.2, 0.25) is 0 Å². The van der Waals surface area contributed by atoms with Gasteiger partial charge in [-0.15, -0.1) is 5.10 Å². The summed E-state index contributed by atoms with van der Waals surface area (Å²) in [6.45, 7) is 5.95. The van der Waals surface area contributed by atoms with Gasteiger partial charge in [-0.25, -0.2) is 4.68 Å². The van der Waals surface area contributed by atoms with E-state index >= 15 is 0 Å². The number of carbonyl (C=O) groups is 2. The number of hydrogen-bond donors (Lipinski definition) is 0. The van der Waals surface area contributed by atoms with Crippen molar-refractivity contribution in [2.75, 3.05) is 26.2 Å². The van der Waals surface area contributed by atoms with Gasteiger partial charge in [0.2, 0.25) is 5.91 Å². The Bertz CT molecular complexity index is 1020. The third-order valence-corrected chi connectivity index (χ3v) is 5.00. The molecule has 1 aliphatic rings. The van der Waals surface area contributed by atoms with Crippen molar-refractivity contribution >= 4 is 22.7 Å². The normalized spacial score (nSPS) is 14.5. The van der Waals surface area contributed by atoms with Gasteiger partial charge in [-0.2, -0.15) is 0 Å². The molecule has 0 atom stereocenters. The van der Waals surface area contributed by atoms with E-state index < -0.39 is 0 Å². The van der Waals surface area contributed by atoms with Crippen LogP contribution in [0.4, 0.5) is 0 Å². The lowest BCUT2D eigenvalue weighted by atomic mass is 10.1. The third kappa shape index (κ3) is 3.55. The molecule has 28 heavy (non-hydrogen) atoms. The summed E-state index contributed by atoms with van der Waals surface area (Å²) in [5.41, 5.74) is 3.36. The summed E-state index contributed by atoms with van der Waals surface area (Å²) in [5, 5.41) is 11.7. The fourth-order valence-electron chi connectivity index (χ4n) is 3.43. The molecule has 0 spiro atoms. The molecule has 2 aromatic heterocycles. The second-order valence-corrected chi connectivity index (χ2v) is 7.00. The predicted octanol–water partition coefficient (Wildman–Crippen LogP) is 0.823. The molecule has 4 rings (SSSR count). The van der Waals surface area contributed by atoms with Crippen LogP contribution in [0.5, 0.6) is 0 Å². The van der Waals surface area contributed by atoms with Crippen LogP contribution in [0.25, 0.3) is 10.9 Å². The quantitative estimate of drug-likeness (QED) is 0.668. The maximum absolute atomic E-state index is 13.0. The van der Waals surface area contributed by atoms with Crippen molar-refractivity contribution in [1.29, 1.82) is 0 Å². The van der Waals surface area contributed by atoms with Crippen LogP contribution in [0, 0.1) is 13.8 Å². The summed E-state index contributed by atoms with van der Waals surface area (Å²) in [6, 6.07) is 7.94. The van der Waals surface area contributed by atoms with E-state index in [9.17, 15) is 9.59 Å². The minimum atomic E-state index is -0.0570. The Kier molecular flexibility index (Phi) is 4.72. The fraction of sp³-hybridized carbons (Fsp3) is 0.368. The molecule has 1 aromatic carbocycles. The summed E-state index contributed by atoms with van der Waals surface area (Å²) >= 11 is 0. The highest BCUT2D eigenvalue weighted by Gasteiger charge is 2.26. The first kappa shape index (κ1) is 18.0. The smallest absolute Gasteiger partial charge is 0.255 e. The summed E-state index contributed by atoms with van der Waals surface area (Å²) in [5.74, 6) is -0.0978. The summed E-state index contributed by atoms with van der Waals surface area (Å²) in [4.78, 5) is 33.5. The monoisotopic (exact) mass is 379 g/mol. The second kappa shape index (κ2) is 7.34. The van der Waals surface area contributed by atoms with E-state index in [-0.39, 0.29) is 18.4 Å². The van der Waals surface area contributed by atoms with E-state index in [4.69, 9.17) is 0 Å². The number of piperazine rings is 1. The minimum Gasteiger partial charge on any atom is -0.338 e. The van der Waals surface area contributed by atoms with Crippen LogP contribution in [-0.2, 0) is 11.3 Å². The maximum atomic E-state index is 13.0. The first-order chi connectivity index (χ1) is 13.5. The molecule has 9 nitrogen and oxygen atoms in total. The molecule has 9 heteroatoms.